The van der Waals surface area contributed by atoms with E-state index in [1.807, 2.05) is 0 Å². The molecule has 3 N–H and O–H groups in total. The summed E-state index contributed by atoms with van der Waals surface area (Å²) in [5.41, 5.74) is 0.0217. The van der Waals surface area contributed by atoms with Crippen LogP contribution >= 0.6 is 0 Å². The summed E-state index contributed by atoms with van der Waals surface area (Å²) in [6.07, 6.45) is 3.21. The fraction of sp³-hybridized carbons (Fsp3) is 0.429. The van der Waals surface area contributed by atoms with Crippen molar-refractivity contribution in [3.05, 3.63) is 29.6 Å². The molecular formula is C14H17FN2O3. The normalized spacial score (nSPS) is 15.5. The van der Waals surface area contributed by atoms with Crippen molar-refractivity contribution < 1.29 is 19.1 Å². The number of hydrogen-bond donors (Lipinski definition) is 3. The van der Waals surface area contributed by atoms with Crippen LogP contribution in [-0.2, 0) is 0 Å². The van der Waals surface area contributed by atoms with Crippen molar-refractivity contribution in [1.82, 2.24) is 5.32 Å². The minimum absolute atomic E-state index is 0.0335. The van der Waals surface area contributed by atoms with Gasteiger partial charge in [-0.3, -0.25) is 0 Å². The summed E-state index contributed by atoms with van der Waals surface area (Å²) >= 11 is 0. The van der Waals surface area contributed by atoms with E-state index in [9.17, 15) is 14.0 Å². The van der Waals surface area contributed by atoms with Gasteiger partial charge >= 0.3 is 12.0 Å². The highest BCUT2D eigenvalue weighted by atomic mass is 19.1. The SMILES string of the molecule is CCC1(CNC(=O)Nc2ccc(C(=O)O)cc2F)CC1. The summed E-state index contributed by atoms with van der Waals surface area (Å²) in [5.74, 6) is -1.98. The molecule has 0 unspecified atom stereocenters. The highest BCUT2D eigenvalue weighted by Crippen LogP contribution is 2.47. The number of rotatable bonds is 5. The first-order chi connectivity index (χ1) is 9.46. The standard InChI is InChI=1S/C14H17FN2O3/c1-2-14(5-6-14)8-16-13(20)17-11-4-3-9(12(18)19)7-10(11)15/h3-4,7H,2,5-6,8H2,1H3,(H,18,19)(H2,16,17,20). The zero-order chi connectivity index (χ0) is 14.8. The molecule has 0 atom stereocenters. The van der Waals surface area contributed by atoms with Crippen LogP contribution in [0, 0.1) is 11.2 Å². The number of carbonyl (C=O) groups is 2. The van der Waals surface area contributed by atoms with E-state index >= 15 is 0 Å². The van der Waals surface area contributed by atoms with Crippen LogP contribution in [0.1, 0.15) is 36.5 Å². The Balaban J connectivity index is 1.92. The monoisotopic (exact) mass is 280 g/mol. The number of amides is 2. The molecule has 5 nitrogen and oxygen atoms in total. The maximum absolute atomic E-state index is 13.6. The molecule has 1 saturated carbocycles. The molecule has 1 aromatic carbocycles. The Morgan fingerprint density at radius 1 is 1.40 bits per heavy atom. The molecule has 2 rings (SSSR count). The van der Waals surface area contributed by atoms with Gasteiger partial charge in [-0.25, -0.2) is 14.0 Å². The fourth-order valence-electron chi connectivity index (χ4n) is 2.02. The first-order valence-corrected chi connectivity index (χ1v) is 6.53. The quantitative estimate of drug-likeness (QED) is 0.776. The highest BCUT2D eigenvalue weighted by Gasteiger charge is 2.40. The number of carboxylic acids is 1. The first kappa shape index (κ1) is 14.3. The maximum Gasteiger partial charge on any atom is 0.335 e. The Hall–Kier alpha value is -2.11. The zero-order valence-corrected chi connectivity index (χ0v) is 11.2. The predicted octanol–water partition coefficient (Wildman–Crippen LogP) is 2.84. The van der Waals surface area contributed by atoms with Gasteiger partial charge in [-0.2, -0.15) is 0 Å². The number of aromatic carboxylic acids is 1. The minimum Gasteiger partial charge on any atom is -0.478 e. The molecule has 1 aliphatic carbocycles. The van der Waals surface area contributed by atoms with Gasteiger partial charge in [0.05, 0.1) is 11.3 Å². The van der Waals surface area contributed by atoms with Gasteiger partial charge in [-0.1, -0.05) is 6.92 Å². The van der Waals surface area contributed by atoms with Crippen molar-refractivity contribution in [1.29, 1.82) is 0 Å². The summed E-state index contributed by atoms with van der Waals surface area (Å²) in [5, 5.41) is 13.8. The van der Waals surface area contributed by atoms with E-state index < -0.39 is 17.8 Å². The molecular weight excluding hydrogens is 263 g/mol. The second-order valence-corrected chi connectivity index (χ2v) is 5.16. The summed E-state index contributed by atoms with van der Waals surface area (Å²) in [6.45, 7) is 2.65. The average molecular weight is 280 g/mol. The van der Waals surface area contributed by atoms with E-state index in [-0.39, 0.29) is 16.7 Å². The number of anilines is 1. The van der Waals surface area contributed by atoms with Crippen molar-refractivity contribution in [2.45, 2.75) is 26.2 Å². The second-order valence-electron chi connectivity index (χ2n) is 5.16. The minimum atomic E-state index is -1.21. The zero-order valence-electron chi connectivity index (χ0n) is 11.2. The van der Waals surface area contributed by atoms with Gasteiger partial charge in [0.25, 0.3) is 0 Å². The summed E-state index contributed by atoms with van der Waals surface area (Å²) in [6, 6.07) is 2.89. The summed E-state index contributed by atoms with van der Waals surface area (Å²) in [4.78, 5) is 22.3. The number of halogens is 1. The van der Waals surface area contributed by atoms with Crippen molar-refractivity contribution in [2.24, 2.45) is 5.41 Å². The smallest absolute Gasteiger partial charge is 0.335 e. The maximum atomic E-state index is 13.6. The van der Waals surface area contributed by atoms with Crippen LogP contribution in [0.2, 0.25) is 0 Å². The molecule has 0 heterocycles. The summed E-state index contributed by atoms with van der Waals surface area (Å²) < 4.78 is 13.6. The van der Waals surface area contributed by atoms with Crippen molar-refractivity contribution in [3.8, 4) is 0 Å². The average Bonchev–Trinajstić information content (AvgIpc) is 3.19. The van der Waals surface area contributed by atoms with Crippen molar-refractivity contribution in [3.63, 3.8) is 0 Å². The molecule has 1 fully saturated rings. The van der Waals surface area contributed by atoms with Crippen molar-refractivity contribution in [2.75, 3.05) is 11.9 Å². The molecule has 0 aliphatic heterocycles. The Kier molecular flexibility index (Phi) is 3.92. The Morgan fingerprint density at radius 3 is 2.60 bits per heavy atom. The third-order valence-corrected chi connectivity index (χ3v) is 3.80. The Labute approximate surface area is 116 Å². The third-order valence-electron chi connectivity index (χ3n) is 3.80. The van der Waals surface area contributed by atoms with E-state index in [2.05, 4.69) is 17.6 Å². The third kappa shape index (κ3) is 3.26. The second kappa shape index (κ2) is 5.48. The lowest BCUT2D eigenvalue weighted by molar-refractivity contribution is 0.0696. The lowest BCUT2D eigenvalue weighted by atomic mass is 10.0. The van der Waals surface area contributed by atoms with Gasteiger partial charge in [0.15, 0.2) is 0 Å². The lowest BCUT2D eigenvalue weighted by Crippen LogP contribution is -2.33. The number of benzene rings is 1. The van der Waals surface area contributed by atoms with Crippen LogP contribution in [0.15, 0.2) is 18.2 Å². The van der Waals surface area contributed by atoms with Gasteiger partial charge < -0.3 is 15.7 Å². The lowest BCUT2D eigenvalue weighted by Gasteiger charge is -2.14. The van der Waals surface area contributed by atoms with Crippen LogP contribution in [0.25, 0.3) is 0 Å². The Morgan fingerprint density at radius 2 is 2.10 bits per heavy atom. The molecule has 108 valence electrons. The largest absolute Gasteiger partial charge is 0.478 e. The van der Waals surface area contributed by atoms with Crippen LogP contribution in [0.3, 0.4) is 0 Å². The molecule has 0 spiro atoms. The highest BCUT2D eigenvalue weighted by molar-refractivity contribution is 5.91. The summed E-state index contributed by atoms with van der Waals surface area (Å²) in [7, 11) is 0. The van der Waals surface area contributed by atoms with E-state index in [0.717, 1.165) is 25.3 Å². The van der Waals surface area contributed by atoms with Gasteiger partial charge in [0, 0.05) is 6.54 Å². The number of urea groups is 1. The van der Waals surface area contributed by atoms with E-state index in [0.29, 0.717) is 6.54 Å². The topological polar surface area (TPSA) is 78.4 Å². The van der Waals surface area contributed by atoms with Crippen LogP contribution in [0.4, 0.5) is 14.9 Å². The molecule has 0 radical (unpaired) electrons. The molecule has 2 amide bonds. The molecule has 20 heavy (non-hydrogen) atoms. The first-order valence-electron chi connectivity index (χ1n) is 6.53. The molecule has 0 aromatic heterocycles. The number of nitrogens with one attached hydrogen (secondary N) is 2. The van der Waals surface area contributed by atoms with E-state index in [4.69, 9.17) is 5.11 Å². The van der Waals surface area contributed by atoms with Crippen LogP contribution < -0.4 is 10.6 Å². The fourth-order valence-corrected chi connectivity index (χ4v) is 2.02. The van der Waals surface area contributed by atoms with E-state index in [1.165, 1.54) is 12.1 Å². The Bertz CT molecular complexity index is 541. The molecule has 1 aliphatic rings. The molecule has 1 aromatic rings. The van der Waals surface area contributed by atoms with E-state index in [1.54, 1.807) is 0 Å². The van der Waals surface area contributed by atoms with Gasteiger partial charge in [-0.15, -0.1) is 0 Å². The molecule has 0 bridgehead atoms. The number of carbonyl (C=O) groups excluding carboxylic acids is 1. The number of hydrogen-bond acceptors (Lipinski definition) is 2. The van der Waals surface area contributed by atoms with Gasteiger partial charge in [0.2, 0.25) is 0 Å². The molecule has 0 saturated heterocycles. The molecule has 6 heteroatoms. The van der Waals surface area contributed by atoms with Crippen LogP contribution in [-0.4, -0.2) is 23.7 Å². The number of carboxylic acid groups (broad SMARTS) is 1. The van der Waals surface area contributed by atoms with Gasteiger partial charge in [0.1, 0.15) is 5.82 Å². The van der Waals surface area contributed by atoms with Crippen molar-refractivity contribution >= 4 is 17.7 Å². The van der Waals surface area contributed by atoms with Crippen LogP contribution in [0.5, 0.6) is 0 Å². The predicted molar refractivity (Wildman–Crippen MR) is 72.3 cm³/mol. The van der Waals surface area contributed by atoms with Gasteiger partial charge in [-0.05, 0) is 42.9 Å².